The molecule has 0 unspecified atom stereocenters. The van der Waals surface area contributed by atoms with Crippen LogP contribution in [0, 0.1) is 23.7 Å². The standard InChI is InChI=1S/C16H12N2O3/c1-2-9-18-16(19)15-8-7-13(21-15)11-20-14-6-4-3-5-12(14)10-17/h1,3-8H,9,11H2,(H,18,19). The maximum absolute atomic E-state index is 11.6. The number of nitrogens with zero attached hydrogens (tertiary/aromatic N) is 1. The maximum Gasteiger partial charge on any atom is 0.287 e. The first-order valence-electron chi connectivity index (χ1n) is 6.17. The predicted molar refractivity (Wildman–Crippen MR) is 75.4 cm³/mol. The molecule has 2 rings (SSSR count). The van der Waals surface area contributed by atoms with E-state index in [1.807, 2.05) is 6.07 Å². The average molecular weight is 280 g/mol. The summed E-state index contributed by atoms with van der Waals surface area (Å²) in [6, 6.07) is 12.1. The minimum absolute atomic E-state index is 0.126. The van der Waals surface area contributed by atoms with E-state index in [4.69, 9.17) is 20.8 Å². The third kappa shape index (κ3) is 3.65. The molecular formula is C16H12N2O3. The van der Waals surface area contributed by atoms with Crippen LogP contribution in [0.4, 0.5) is 0 Å². The molecule has 0 saturated heterocycles. The van der Waals surface area contributed by atoms with E-state index in [1.54, 1.807) is 36.4 Å². The van der Waals surface area contributed by atoms with Gasteiger partial charge >= 0.3 is 0 Å². The zero-order valence-electron chi connectivity index (χ0n) is 11.1. The van der Waals surface area contributed by atoms with Crippen LogP contribution < -0.4 is 10.1 Å². The second-order valence-electron chi connectivity index (χ2n) is 4.05. The molecule has 0 fully saturated rings. The van der Waals surface area contributed by atoms with Crippen LogP contribution in [0.5, 0.6) is 5.75 Å². The number of carbonyl (C=O) groups is 1. The fraction of sp³-hybridized carbons (Fsp3) is 0.125. The van der Waals surface area contributed by atoms with Gasteiger partial charge in [-0.3, -0.25) is 4.79 Å². The van der Waals surface area contributed by atoms with Crippen molar-refractivity contribution in [3.63, 3.8) is 0 Å². The second-order valence-corrected chi connectivity index (χ2v) is 4.05. The number of hydrogen-bond donors (Lipinski definition) is 1. The van der Waals surface area contributed by atoms with E-state index in [-0.39, 0.29) is 24.8 Å². The number of amides is 1. The Morgan fingerprint density at radius 2 is 2.14 bits per heavy atom. The predicted octanol–water partition coefficient (Wildman–Crippen LogP) is 2.09. The molecule has 1 heterocycles. The molecule has 0 spiro atoms. The Morgan fingerprint density at radius 1 is 1.33 bits per heavy atom. The zero-order chi connectivity index (χ0) is 15.1. The number of terminal acetylenes is 1. The highest BCUT2D eigenvalue weighted by molar-refractivity contribution is 5.91. The minimum atomic E-state index is -0.378. The highest BCUT2D eigenvalue weighted by Gasteiger charge is 2.11. The summed E-state index contributed by atoms with van der Waals surface area (Å²) in [5, 5.41) is 11.5. The van der Waals surface area contributed by atoms with Crippen molar-refractivity contribution in [3.8, 4) is 24.2 Å². The number of benzene rings is 1. The first-order chi connectivity index (χ1) is 10.2. The molecule has 0 aliphatic heterocycles. The molecule has 0 radical (unpaired) electrons. The minimum Gasteiger partial charge on any atom is -0.484 e. The summed E-state index contributed by atoms with van der Waals surface area (Å²) in [5.41, 5.74) is 0.441. The number of ether oxygens (including phenoxy) is 1. The summed E-state index contributed by atoms with van der Waals surface area (Å²) in [6.45, 7) is 0.266. The van der Waals surface area contributed by atoms with E-state index < -0.39 is 0 Å². The number of rotatable bonds is 5. The Bertz CT molecular complexity index is 720. The first-order valence-corrected chi connectivity index (χ1v) is 6.17. The lowest BCUT2D eigenvalue weighted by molar-refractivity contribution is 0.0927. The lowest BCUT2D eigenvalue weighted by atomic mass is 10.2. The van der Waals surface area contributed by atoms with E-state index >= 15 is 0 Å². The van der Waals surface area contributed by atoms with Crippen molar-refractivity contribution in [3.05, 3.63) is 53.5 Å². The Labute approximate surface area is 122 Å². The molecule has 5 nitrogen and oxygen atoms in total. The molecule has 0 aliphatic carbocycles. The Kier molecular flexibility index (Phi) is 4.63. The van der Waals surface area contributed by atoms with Gasteiger partial charge in [0, 0.05) is 0 Å². The van der Waals surface area contributed by atoms with Gasteiger partial charge in [-0.15, -0.1) is 6.42 Å². The lowest BCUT2D eigenvalue weighted by Gasteiger charge is -2.05. The summed E-state index contributed by atoms with van der Waals surface area (Å²) < 4.78 is 10.9. The molecule has 21 heavy (non-hydrogen) atoms. The van der Waals surface area contributed by atoms with E-state index in [9.17, 15) is 4.79 Å². The highest BCUT2D eigenvalue weighted by atomic mass is 16.5. The summed E-state index contributed by atoms with van der Waals surface area (Å²) in [5.74, 6) is 3.04. The van der Waals surface area contributed by atoms with Gasteiger partial charge in [-0.2, -0.15) is 5.26 Å². The van der Waals surface area contributed by atoms with Gasteiger partial charge in [0.15, 0.2) is 5.76 Å². The number of nitriles is 1. The average Bonchev–Trinajstić information content (AvgIpc) is 3.00. The topological polar surface area (TPSA) is 75.3 Å². The number of furan rings is 1. The molecular weight excluding hydrogens is 268 g/mol. The monoisotopic (exact) mass is 280 g/mol. The van der Waals surface area contributed by atoms with E-state index in [0.29, 0.717) is 17.1 Å². The molecule has 104 valence electrons. The van der Waals surface area contributed by atoms with Crippen LogP contribution in [0.3, 0.4) is 0 Å². The number of carbonyl (C=O) groups excluding carboxylic acids is 1. The second kappa shape index (κ2) is 6.83. The van der Waals surface area contributed by atoms with Crippen molar-refractivity contribution < 1.29 is 13.9 Å². The van der Waals surface area contributed by atoms with Crippen molar-refractivity contribution in [2.24, 2.45) is 0 Å². The fourth-order valence-corrected chi connectivity index (χ4v) is 1.63. The van der Waals surface area contributed by atoms with Crippen LogP contribution in [0.15, 0.2) is 40.8 Å². The zero-order valence-corrected chi connectivity index (χ0v) is 11.1. The Morgan fingerprint density at radius 3 is 2.90 bits per heavy atom. The molecule has 0 bridgehead atoms. The molecule has 1 N–H and O–H groups in total. The maximum atomic E-state index is 11.6. The van der Waals surface area contributed by atoms with Crippen molar-refractivity contribution in [2.75, 3.05) is 6.54 Å². The van der Waals surface area contributed by atoms with Gasteiger partial charge in [-0.25, -0.2) is 0 Å². The van der Waals surface area contributed by atoms with Crippen LogP contribution in [0.1, 0.15) is 21.9 Å². The van der Waals surface area contributed by atoms with Crippen LogP contribution in [-0.4, -0.2) is 12.5 Å². The molecule has 2 aromatic rings. The first kappa shape index (κ1) is 14.2. The van der Waals surface area contributed by atoms with Crippen molar-refractivity contribution in [1.82, 2.24) is 5.32 Å². The van der Waals surface area contributed by atoms with Crippen LogP contribution in [0.25, 0.3) is 0 Å². The number of para-hydroxylation sites is 1. The largest absolute Gasteiger partial charge is 0.484 e. The third-order valence-corrected chi connectivity index (χ3v) is 2.61. The van der Waals surface area contributed by atoms with Gasteiger partial charge in [-0.1, -0.05) is 18.1 Å². The van der Waals surface area contributed by atoms with Crippen LogP contribution in [0.2, 0.25) is 0 Å². The molecule has 1 amide bonds. The smallest absolute Gasteiger partial charge is 0.287 e. The summed E-state index contributed by atoms with van der Waals surface area (Å²) >= 11 is 0. The number of hydrogen-bond acceptors (Lipinski definition) is 4. The summed E-state index contributed by atoms with van der Waals surface area (Å²) in [4.78, 5) is 11.6. The quantitative estimate of drug-likeness (QED) is 0.851. The summed E-state index contributed by atoms with van der Waals surface area (Å²) in [6.07, 6.45) is 5.06. The van der Waals surface area contributed by atoms with Gasteiger partial charge < -0.3 is 14.5 Å². The lowest BCUT2D eigenvalue weighted by Crippen LogP contribution is -2.22. The Balaban J connectivity index is 1.99. The van der Waals surface area contributed by atoms with Gasteiger partial charge in [0.2, 0.25) is 0 Å². The van der Waals surface area contributed by atoms with Crippen molar-refractivity contribution in [2.45, 2.75) is 6.61 Å². The van der Waals surface area contributed by atoms with Gasteiger partial charge in [-0.05, 0) is 24.3 Å². The molecule has 5 heteroatoms. The molecule has 1 aromatic heterocycles. The van der Waals surface area contributed by atoms with E-state index in [0.717, 1.165) is 0 Å². The molecule has 0 aliphatic rings. The Hall–Kier alpha value is -3.18. The number of nitrogens with one attached hydrogen (secondary N) is 1. The van der Waals surface area contributed by atoms with E-state index in [1.165, 1.54) is 0 Å². The highest BCUT2D eigenvalue weighted by Crippen LogP contribution is 2.18. The van der Waals surface area contributed by atoms with E-state index in [2.05, 4.69) is 11.2 Å². The molecule has 0 atom stereocenters. The SMILES string of the molecule is C#CCNC(=O)c1ccc(COc2ccccc2C#N)o1. The molecule has 0 saturated carbocycles. The van der Waals surface area contributed by atoms with Crippen molar-refractivity contribution in [1.29, 1.82) is 5.26 Å². The fourth-order valence-electron chi connectivity index (χ4n) is 1.63. The normalized spacial score (nSPS) is 9.43. The van der Waals surface area contributed by atoms with Crippen molar-refractivity contribution >= 4 is 5.91 Å². The molecule has 1 aromatic carbocycles. The van der Waals surface area contributed by atoms with Gasteiger partial charge in [0.05, 0.1) is 12.1 Å². The van der Waals surface area contributed by atoms with Crippen LogP contribution >= 0.6 is 0 Å². The van der Waals surface area contributed by atoms with Gasteiger partial charge in [0.1, 0.15) is 24.2 Å². The summed E-state index contributed by atoms with van der Waals surface area (Å²) in [7, 11) is 0. The third-order valence-electron chi connectivity index (χ3n) is 2.61. The van der Waals surface area contributed by atoms with Crippen LogP contribution in [-0.2, 0) is 6.61 Å². The van der Waals surface area contributed by atoms with Gasteiger partial charge in [0.25, 0.3) is 5.91 Å².